The number of hydrogen-bond donors (Lipinski definition) is 0. The van der Waals surface area contributed by atoms with E-state index in [0.29, 0.717) is 22.8 Å². The predicted octanol–water partition coefficient (Wildman–Crippen LogP) is 5.67. The van der Waals surface area contributed by atoms with E-state index >= 15 is 0 Å². The van der Waals surface area contributed by atoms with Gasteiger partial charge in [-0.1, -0.05) is 0 Å². The van der Waals surface area contributed by atoms with Crippen molar-refractivity contribution in [1.82, 2.24) is 0 Å². The van der Waals surface area contributed by atoms with Gasteiger partial charge in [0.2, 0.25) is 0 Å². The monoisotopic (exact) mass is 356 g/mol. The molecule has 0 unspecified atom stereocenters. The molecule has 0 amide bonds. The Labute approximate surface area is 154 Å². The highest BCUT2D eigenvalue weighted by Crippen LogP contribution is 2.31. The maximum Gasteiger partial charge on any atom is 0.269 e. The molecule has 0 aliphatic carbocycles. The van der Waals surface area contributed by atoms with Crippen LogP contribution >= 0.6 is 0 Å². The molecule has 3 aromatic carbocycles. The minimum absolute atomic E-state index is 0.0159. The quantitative estimate of drug-likeness (QED) is 0.347. The molecule has 0 atom stereocenters. The summed E-state index contributed by atoms with van der Waals surface area (Å²) in [6, 6.07) is 22.5. The van der Waals surface area contributed by atoms with Crippen molar-refractivity contribution in [2.75, 3.05) is 0 Å². The van der Waals surface area contributed by atoms with Crippen LogP contribution in [0.3, 0.4) is 0 Å². The molecule has 27 heavy (non-hydrogen) atoms. The van der Waals surface area contributed by atoms with Crippen LogP contribution in [0.1, 0.15) is 5.56 Å². The number of nitro benzene ring substituents is 1. The van der Waals surface area contributed by atoms with Crippen molar-refractivity contribution in [2.45, 2.75) is 0 Å². The molecule has 4 aromatic rings. The van der Waals surface area contributed by atoms with E-state index in [1.165, 1.54) is 12.1 Å². The molecule has 0 fully saturated rings. The number of non-ortho nitro benzene ring substituents is 1. The first-order chi connectivity index (χ1) is 13.1. The van der Waals surface area contributed by atoms with Crippen molar-refractivity contribution < 1.29 is 14.1 Å². The van der Waals surface area contributed by atoms with Gasteiger partial charge in [-0.15, -0.1) is 0 Å². The molecule has 0 bridgehead atoms. The number of nitrogens with zero attached hydrogens (tertiary/aromatic N) is 2. The molecule has 0 aliphatic heterocycles. The molecule has 1 aromatic heterocycles. The van der Waals surface area contributed by atoms with E-state index in [1.54, 1.807) is 42.5 Å². The summed E-state index contributed by atoms with van der Waals surface area (Å²) in [5.41, 5.74) is 2.19. The third-order valence-electron chi connectivity index (χ3n) is 4.07. The van der Waals surface area contributed by atoms with Gasteiger partial charge in [0.1, 0.15) is 22.8 Å². The normalized spacial score (nSPS) is 10.5. The van der Waals surface area contributed by atoms with Crippen molar-refractivity contribution in [3.8, 4) is 28.9 Å². The topological polar surface area (TPSA) is 89.3 Å². The van der Waals surface area contributed by atoms with Crippen LogP contribution in [0, 0.1) is 21.4 Å². The fraction of sp³-hybridized carbons (Fsp3) is 0. The lowest BCUT2D eigenvalue weighted by atomic mass is 10.1. The molecule has 130 valence electrons. The van der Waals surface area contributed by atoms with Crippen molar-refractivity contribution >= 4 is 16.7 Å². The molecule has 0 aliphatic rings. The van der Waals surface area contributed by atoms with Crippen LogP contribution in [-0.2, 0) is 0 Å². The molecule has 6 nitrogen and oxygen atoms in total. The van der Waals surface area contributed by atoms with Crippen LogP contribution < -0.4 is 4.74 Å². The van der Waals surface area contributed by atoms with Gasteiger partial charge in [-0.05, 0) is 60.7 Å². The Morgan fingerprint density at radius 2 is 1.59 bits per heavy atom. The van der Waals surface area contributed by atoms with Gasteiger partial charge in [0.05, 0.1) is 16.6 Å². The van der Waals surface area contributed by atoms with Gasteiger partial charge in [-0.3, -0.25) is 10.1 Å². The first kappa shape index (κ1) is 16.4. The maximum absolute atomic E-state index is 10.7. The van der Waals surface area contributed by atoms with Crippen LogP contribution in [0.5, 0.6) is 11.5 Å². The molecule has 0 saturated carbocycles. The molecule has 0 radical (unpaired) electrons. The second-order valence-corrected chi connectivity index (χ2v) is 5.85. The Balaban J connectivity index is 1.55. The molecule has 1 heterocycles. The molecule has 4 rings (SSSR count). The minimum Gasteiger partial charge on any atom is -0.457 e. The lowest BCUT2D eigenvalue weighted by Crippen LogP contribution is -1.88. The van der Waals surface area contributed by atoms with Crippen molar-refractivity contribution in [3.63, 3.8) is 0 Å². The van der Waals surface area contributed by atoms with Crippen LogP contribution in [0.15, 0.2) is 77.2 Å². The average molecular weight is 356 g/mol. The minimum atomic E-state index is -0.453. The fourth-order valence-electron chi connectivity index (χ4n) is 2.71. The molecular formula is C21H12N2O4. The Kier molecular flexibility index (Phi) is 4.03. The van der Waals surface area contributed by atoms with Crippen molar-refractivity contribution in [3.05, 3.63) is 88.5 Å². The molecular weight excluding hydrogens is 344 g/mol. The average Bonchev–Trinajstić information content (AvgIpc) is 3.12. The van der Waals surface area contributed by atoms with Gasteiger partial charge in [-0.25, -0.2) is 0 Å². The Morgan fingerprint density at radius 3 is 2.22 bits per heavy atom. The summed E-state index contributed by atoms with van der Waals surface area (Å²) < 4.78 is 11.5. The summed E-state index contributed by atoms with van der Waals surface area (Å²) in [6.07, 6.45) is 0. The summed E-state index contributed by atoms with van der Waals surface area (Å²) >= 11 is 0. The van der Waals surface area contributed by atoms with Gasteiger partial charge in [0.25, 0.3) is 5.69 Å². The summed E-state index contributed by atoms with van der Waals surface area (Å²) in [7, 11) is 0. The summed E-state index contributed by atoms with van der Waals surface area (Å²) in [5.74, 6) is 1.82. The lowest BCUT2D eigenvalue weighted by molar-refractivity contribution is -0.384. The van der Waals surface area contributed by atoms with Crippen molar-refractivity contribution in [1.29, 1.82) is 5.26 Å². The highest BCUT2D eigenvalue weighted by atomic mass is 16.6. The van der Waals surface area contributed by atoms with Crippen LogP contribution in [-0.4, -0.2) is 4.92 Å². The SMILES string of the molecule is N#Cc1ccc2oc(-c3ccc(Oc4ccc([N+](=O)[O-])cc4)cc3)cc2c1. The summed E-state index contributed by atoms with van der Waals surface area (Å²) in [4.78, 5) is 10.2. The first-order valence-electron chi connectivity index (χ1n) is 8.09. The molecule has 6 heteroatoms. The number of benzene rings is 3. The predicted molar refractivity (Wildman–Crippen MR) is 99.5 cm³/mol. The fourth-order valence-corrected chi connectivity index (χ4v) is 2.71. The van der Waals surface area contributed by atoms with E-state index in [-0.39, 0.29) is 5.69 Å². The maximum atomic E-state index is 10.7. The largest absolute Gasteiger partial charge is 0.457 e. The number of rotatable bonds is 4. The number of nitro groups is 1. The highest BCUT2D eigenvalue weighted by molar-refractivity contribution is 5.84. The van der Waals surface area contributed by atoms with Gasteiger partial charge < -0.3 is 9.15 Å². The zero-order valence-corrected chi connectivity index (χ0v) is 14.0. The number of fused-ring (bicyclic) bond motifs is 1. The molecule has 0 saturated heterocycles. The number of ether oxygens (including phenoxy) is 1. The third kappa shape index (κ3) is 3.34. The highest BCUT2D eigenvalue weighted by Gasteiger charge is 2.08. The van der Waals surface area contributed by atoms with Gasteiger partial charge >= 0.3 is 0 Å². The van der Waals surface area contributed by atoms with E-state index in [1.807, 2.05) is 18.2 Å². The van der Waals surface area contributed by atoms with Crippen molar-refractivity contribution in [2.24, 2.45) is 0 Å². The second-order valence-electron chi connectivity index (χ2n) is 5.85. The van der Waals surface area contributed by atoms with Crippen LogP contribution in [0.4, 0.5) is 5.69 Å². The smallest absolute Gasteiger partial charge is 0.269 e. The zero-order chi connectivity index (χ0) is 18.8. The van der Waals surface area contributed by atoms with E-state index in [0.717, 1.165) is 16.5 Å². The standard InChI is InChI=1S/C21H12N2O4/c22-13-14-1-10-20-16(11-14)12-21(27-20)15-2-6-18(7-3-15)26-19-8-4-17(5-9-19)23(24)25/h1-12H. The second kappa shape index (κ2) is 6.65. The van der Waals surface area contributed by atoms with Gasteiger partial charge in [0.15, 0.2) is 0 Å². The van der Waals surface area contributed by atoms with Crippen LogP contribution in [0.2, 0.25) is 0 Å². The lowest BCUT2D eigenvalue weighted by Gasteiger charge is -2.06. The Hall–Kier alpha value is -4.11. The molecule has 0 N–H and O–H groups in total. The summed E-state index contributed by atoms with van der Waals surface area (Å²) in [5, 5.41) is 20.5. The Bertz CT molecular complexity index is 1170. The van der Waals surface area contributed by atoms with Gasteiger partial charge in [-0.2, -0.15) is 5.26 Å². The molecule has 0 spiro atoms. The number of furan rings is 1. The van der Waals surface area contributed by atoms with E-state index in [4.69, 9.17) is 14.4 Å². The summed E-state index contributed by atoms with van der Waals surface area (Å²) in [6.45, 7) is 0. The number of nitriles is 1. The van der Waals surface area contributed by atoms with E-state index < -0.39 is 4.92 Å². The van der Waals surface area contributed by atoms with E-state index in [9.17, 15) is 10.1 Å². The van der Waals surface area contributed by atoms with Crippen LogP contribution in [0.25, 0.3) is 22.3 Å². The first-order valence-corrected chi connectivity index (χ1v) is 8.09. The number of hydrogen-bond acceptors (Lipinski definition) is 5. The van der Waals surface area contributed by atoms with Gasteiger partial charge in [0, 0.05) is 23.1 Å². The van der Waals surface area contributed by atoms with E-state index in [2.05, 4.69) is 6.07 Å². The Morgan fingerprint density at radius 1 is 0.926 bits per heavy atom. The third-order valence-corrected chi connectivity index (χ3v) is 4.07. The zero-order valence-electron chi connectivity index (χ0n) is 14.0.